The normalized spacial score (nSPS) is 16.7. The number of carbonyl (C=O) groups is 1. The maximum atomic E-state index is 12.6. The summed E-state index contributed by atoms with van der Waals surface area (Å²) < 4.78 is 85.0. The molecule has 11 heteroatoms. The van der Waals surface area contributed by atoms with E-state index in [1.54, 1.807) is 48.5 Å². The molecule has 1 amide bonds. The molecule has 1 saturated heterocycles. The maximum absolute atomic E-state index is 12.6. The molecular formula is C21H16F6N2O3. The van der Waals surface area contributed by atoms with E-state index in [0.717, 1.165) is 16.0 Å². The van der Waals surface area contributed by atoms with Gasteiger partial charge in [-0.25, -0.2) is 4.79 Å². The van der Waals surface area contributed by atoms with Crippen LogP contribution in [0.5, 0.6) is 5.75 Å². The SMILES string of the molecule is N#Cc1cccc(-c2cccc(O[C@@H]3CCN(C(=O)OC(C(F)(F)F)C(F)(F)F)C3)c2)c1. The lowest BCUT2D eigenvalue weighted by Gasteiger charge is -2.25. The Labute approximate surface area is 178 Å². The van der Waals surface area contributed by atoms with Crippen LogP contribution in [0.15, 0.2) is 48.5 Å². The van der Waals surface area contributed by atoms with Crippen molar-refractivity contribution in [3.63, 3.8) is 0 Å². The number of benzene rings is 2. The van der Waals surface area contributed by atoms with Crippen molar-refractivity contribution in [1.82, 2.24) is 4.90 Å². The lowest BCUT2D eigenvalue weighted by molar-refractivity contribution is -0.308. The third-order valence-corrected chi connectivity index (χ3v) is 4.68. The summed E-state index contributed by atoms with van der Waals surface area (Å²) in [5.74, 6) is 0.397. The van der Waals surface area contributed by atoms with Crippen LogP contribution in [0.4, 0.5) is 31.1 Å². The summed E-state index contributed by atoms with van der Waals surface area (Å²) >= 11 is 0. The second-order valence-corrected chi connectivity index (χ2v) is 7.04. The molecule has 0 radical (unpaired) electrons. The highest BCUT2D eigenvalue weighted by Crippen LogP contribution is 2.36. The summed E-state index contributed by atoms with van der Waals surface area (Å²) in [7, 11) is 0. The maximum Gasteiger partial charge on any atom is 0.434 e. The highest BCUT2D eigenvalue weighted by atomic mass is 19.4. The van der Waals surface area contributed by atoms with E-state index in [4.69, 9.17) is 10.00 Å². The fourth-order valence-electron chi connectivity index (χ4n) is 3.19. The van der Waals surface area contributed by atoms with Crippen LogP contribution < -0.4 is 4.74 Å². The molecule has 0 N–H and O–H groups in total. The van der Waals surface area contributed by atoms with Gasteiger partial charge in [-0.15, -0.1) is 0 Å². The Morgan fingerprint density at radius 3 is 2.28 bits per heavy atom. The van der Waals surface area contributed by atoms with Gasteiger partial charge in [0.1, 0.15) is 11.9 Å². The van der Waals surface area contributed by atoms with E-state index in [1.165, 1.54) is 0 Å². The molecule has 1 fully saturated rings. The Morgan fingerprint density at radius 2 is 1.66 bits per heavy atom. The Bertz CT molecular complexity index is 1000. The number of ether oxygens (including phenoxy) is 2. The van der Waals surface area contributed by atoms with Crippen molar-refractivity contribution in [2.75, 3.05) is 13.1 Å². The van der Waals surface area contributed by atoms with Crippen LogP contribution in [-0.2, 0) is 4.74 Å². The standard InChI is InChI=1S/C21H16F6N2O3/c22-20(23,24)18(21(25,26)27)32-19(30)29-8-7-17(12-29)31-16-6-2-5-15(10-16)14-4-1-3-13(9-14)11-28/h1-6,9-10,17-18H,7-8,12H2/t17-/m1/s1. The van der Waals surface area contributed by atoms with E-state index in [1.807, 2.05) is 6.07 Å². The first-order valence-electron chi connectivity index (χ1n) is 9.33. The second kappa shape index (κ2) is 8.98. The fraction of sp³-hybridized carbons (Fsp3) is 0.333. The van der Waals surface area contributed by atoms with Gasteiger partial charge in [0.05, 0.1) is 18.2 Å². The topological polar surface area (TPSA) is 62.6 Å². The van der Waals surface area contributed by atoms with Crippen LogP contribution in [0.1, 0.15) is 12.0 Å². The van der Waals surface area contributed by atoms with Gasteiger partial charge in [-0.3, -0.25) is 0 Å². The number of hydrogen-bond acceptors (Lipinski definition) is 4. The molecule has 0 spiro atoms. The smallest absolute Gasteiger partial charge is 0.434 e. The zero-order valence-electron chi connectivity index (χ0n) is 16.3. The van der Waals surface area contributed by atoms with Crippen LogP contribution >= 0.6 is 0 Å². The van der Waals surface area contributed by atoms with Gasteiger partial charge in [-0.1, -0.05) is 24.3 Å². The van der Waals surface area contributed by atoms with Crippen molar-refractivity contribution in [3.8, 4) is 22.9 Å². The highest BCUT2D eigenvalue weighted by Gasteiger charge is 2.60. The minimum atomic E-state index is -5.77. The quantitative estimate of drug-likeness (QED) is 0.583. The minimum Gasteiger partial charge on any atom is -0.488 e. The van der Waals surface area contributed by atoms with Crippen molar-refractivity contribution in [2.45, 2.75) is 31.0 Å². The van der Waals surface area contributed by atoms with Crippen molar-refractivity contribution in [1.29, 1.82) is 5.26 Å². The van der Waals surface area contributed by atoms with Crippen LogP contribution in [0.2, 0.25) is 0 Å². The summed E-state index contributed by atoms with van der Waals surface area (Å²) in [6.07, 6.45) is -17.9. The van der Waals surface area contributed by atoms with Crippen molar-refractivity contribution >= 4 is 6.09 Å². The van der Waals surface area contributed by atoms with Crippen molar-refractivity contribution < 1.29 is 40.6 Å². The first kappa shape index (κ1) is 23.2. The molecule has 0 saturated carbocycles. The summed E-state index contributed by atoms with van der Waals surface area (Å²) in [6.45, 7) is -0.342. The molecule has 0 bridgehead atoms. The van der Waals surface area contributed by atoms with Crippen LogP contribution in [0, 0.1) is 11.3 Å². The van der Waals surface area contributed by atoms with Gasteiger partial charge in [0, 0.05) is 13.0 Å². The molecule has 2 aromatic rings. The lowest BCUT2D eigenvalue weighted by atomic mass is 10.0. The van der Waals surface area contributed by atoms with Gasteiger partial charge in [0.25, 0.3) is 6.10 Å². The molecule has 1 aliphatic heterocycles. The average Bonchev–Trinajstić information content (AvgIpc) is 3.19. The molecule has 0 aliphatic carbocycles. The number of carbonyl (C=O) groups excluding carboxylic acids is 1. The fourth-order valence-corrected chi connectivity index (χ4v) is 3.19. The molecular weight excluding hydrogens is 442 g/mol. The molecule has 2 aromatic carbocycles. The van der Waals surface area contributed by atoms with Crippen LogP contribution in [-0.4, -0.2) is 48.6 Å². The molecule has 1 heterocycles. The molecule has 0 aromatic heterocycles. The molecule has 3 rings (SSSR count). The Kier molecular flexibility index (Phi) is 6.52. The summed E-state index contributed by atoms with van der Waals surface area (Å²) in [5.41, 5.74) is 1.97. The average molecular weight is 458 g/mol. The van der Waals surface area contributed by atoms with Gasteiger partial charge < -0.3 is 14.4 Å². The van der Waals surface area contributed by atoms with Gasteiger partial charge in [0.2, 0.25) is 0 Å². The Morgan fingerprint density at radius 1 is 1.03 bits per heavy atom. The van der Waals surface area contributed by atoms with Crippen LogP contribution in [0.3, 0.4) is 0 Å². The van der Waals surface area contributed by atoms with E-state index in [9.17, 15) is 31.1 Å². The van der Waals surface area contributed by atoms with E-state index in [0.29, 0.717) is 11.3 Å². The first-order valence-corrected chi connectivity index (χ1v) is 9.33. The molecule has 5 nitrogen and oxygen atoms in total. The van der Waals surface area contributed by atoms with E-state index < -0.39 is 30.7 Å². The third-order valence-electron chi connectivity index (χ3n) is 4.68. The van der Waals surface area contributed by atoms with Crippen LogP contribution in [0.25, 0.3) is 11.1 Å². The molecule has 170 valence electrons. The number of likely N-dealkylation sites (tertiary alicyclic amines) is 1. The zero-order valence-corrected chi connectivity index (χ0v) is 16.3. The van der Waals surface area contributed by atoms with E-state index in [-0.39, 0.29) is 19.5 Å². The molecule has 1 atom stereocenters. The van der Waals surface area contributed by atoms with Crippen molar-refractivity contribution in [2.24, 2.45) is 0 Å². The molecule has 32 heavy (non-hydrogen) atoms. The molecule has 1 aliphatic rings. The Hall–Kier alpha value is -3.42. The van der Waals surface area contributed by atoms with Gasteiger partial charge in [-0.2, -0.15) is 31.6 Å². The predicted octanol–water partition coefficient (Wildman–Crippen LogP) is 5.31. The van der Waals surface area contributed by atoms with Gasteiger partial charge in [-0.05, 0) is 35.4 Å². The highest BCUT2D eigenvalue weighted by molar-refractivity contribution is 5.68. The second-order valence-electron chi connectivity index (χ2n) is 7.04. The first-order chi connectivity index (χ1) is 15.0. The third kappa shape index (κ3) is 5.63. The largest absolute Gasteiger partial charge is 0.488 e. The Balaban J connectivity index is 1.64. The minimum absolute atomic E-state index is 0.115. The number of alkyl halides is 6. The number of halogens is 6. The van der Waals surface area contributed by atoms with Gasteiger partial charge in [0.15, 0.2) is 0 Å². The van der Waals surface area contributed by atoms with Gasteiger partial charge >= 0.3 is 18.4 Å². The molecule has 0 unspecified atom stereocenters. The van der Waals surface area contributed by atoms with E-state index in [2.05, 4.69) is 4.74 Å². The number of hydrogen-bond donors (Lipinski definition) is 0. The monoisotopic (exact) mass is 458 g/mol. The number of nitriles is 1. The zero-order chi connectivity index (χ0) is 23.5. The summed E-state index contributed by atoms with van der Waals surface area (Å²) in [5, 5.41) is 9.02. The lowest BCUT2D eigenvalue weighted by Crippen LogP contribution is -2.48. The number of rotatable bonds is 4. The predicted molar refractivity (Wildman–Crippen MR) is 99.6 cm³/mol. The van der Waals surface area contributed by atoms with E-state index >= 15 is 0 Å². The van der Waals surface area contributed by atoms with Crippen molar-refractivity contribution in [3.05, 3.63) is 54.1 Å². The summed E-state index contributed by atoms with van der Waals surface area (Å²) in [6, 6.07) is 15.7. The number of amides is 1. The summed E-state index contributed by atoms with van der Waals surface area (Å²) in [4.78, 5) is 12.6. The number of nitrogens with zero attached hydrogens (tertiary/aromatic N) is 2.